The zero-order valence-electron chi connectivity index (χ0n) is 7.70. The predicted octanol–water partition coefficient (Wildman–Crippen LogP) is 2.58. The lowest BCUT2D eigenvalue weighted by Crippen LogP contribution is -1.99. The van der Waals surface area contributed by atoms with Gasteiger partial charge in [-0.1, -0.05) is 19.1 Å². The van der Waals surface area contributed by atoms with Crippen LogP contribution in [0.2, 0.25) is 0 Å². The van der Waals surface area contributed by atoms with Crippen LogP contribution in [-0.2, 0) is 0 Å². The van der Waals surface area contributed by atoms with Crippen molar-refractivity contribution in [2.75, 3.05) is 7.11 Å². The molecule has 0 saturated carbocycles. The molecule has 1 aromatic carbocycles. The predicted molar refractivity (Wildman–Crippen MR) is 54.9 cm³/mol. The minimum Gasteiger partial charge on any atom is -0.496 e. The highest BCUT2D eigenvalue weighted by Crippen LogP contribution is 2.26. The van der Waals surface area contributed by atoms with Crippen LogP contribution in [0.5, 0.6) is 5.75 Å². The molecule has 0 aliphatic carbocycles. The number of Topliss-reactive ketones (excluding diaryl/α,β-unsaturated/α-hetero) is 1. The second-order valence-corrected chi connectivity index (χ2v) is 3.08. The molecule has 0 saturated heterocycles. The minimum absolute atomic E-state index is 0.0869. The molecule has 0 spiro atoms. The van der Waals surface area contributed by atoms with Crippen molar-refractivity contribution in [2.45, 2.75) is 18.2 Å². The monoisotopic (exact) mass is 196 g/mol. The van der Waals surface area contributed by atoms with E-state index in [1.54, 1.807) is 25.3 Å². The first kappa shape index (κ1) is 10.1. The standard InChI is InChI=1S/C10H12O2S/c1-3-8(11)7-5-4-6-9(12-2)10(7)13/h4-6,13H,3H2,1-2H3. The van der Waals surface area contributed by atoms with Crippen LogP contribution in [0.15, 0.2) is 23.1 Å². The van der Waals surface area contributed by atoms with Gasteiger partial charge >= 0.3 is 0 Å². The van der Waals surface area contributed by atoms with Gasteiger partial charge in [-0.25, -0.2) is 0 Å². The fourth-order valence-electron chi connectivity index (χ4n) is 1.10. The zero-order valence-corrected chi connectivity index (χ0v) is 8.60. The SMILES string of the molecule is CCC(=O)c1cccc(OC)c1S. The number of carbonyl (C=O) groups is 1. The van der Waals surface area contributed by atoms with Crippen LogP contribution < -0.4 is 4.74 Å². The number of rotatable bonds is 3. The Kier molecular flexibility index (Phi) is 3.37. The van der Waals surface area contributed by atoms with E-state index in [0.717, 1.165) is 0 Å². The fraction of sp³-hybridized carbons (Fsp3) is 0.300. The first-order chi connectivity index (χ1) is 6.20. The number of hydrogen-bond donors (Lipinski definition) is 1. The molecule has 1 rings (SSSR count). The number of hydrogen-bond acceptors (Lipinski definition) is 3. The molecule has 0 aliphatic heterocycles. The normalized spacial score (nSPS) is 9.77. The molecule has 0 amide bonds. The molecule has 0 fully saturated rings. The molecule has 3 heteroatoms. The summed E-state index contributed by atoms with van der Waals surface area (Å²) < 4.78 is 5.05. The molecule has 0 radical (unpaired) electrons. The summed E-state index contributed by atoms with van der Waals surface area (Å²) in [6, 6.07) is 5.34. The summed E-state index contributed by atoms with van der Waals surface area (Å²) in [4.78, 5) is 12.0. The van der Waals surface area contributed by atoms with E-state index in [1.165, 1.54) is 0 Å². The molecular weight excluding hydrogens is 184 g/mol. The van der Waals surface area contributed by atoms with E-state index in [9.17, 15) is 4.79 Å². The van der Waals surface area contributed by atoms with Gasteiger partial charge in [-0.15, -0.1) is 12.6 Å². The Balaban J connectivity index is 3.15. The lowest BCUT2D eigenvalue weighted by Gasteiger charge is -2.07. The van der Waals surface area contributed by atoms with Gasteiger partial charge in [0, 0.05) is 12.0 Å². The molecule has 0 aliphatic rings. The van der Waals surface area contributed by atoms with Gasteiger partial charge in [-0.05, 0) is 6.07 Å². The molecule has 1 aromatic rings. The third-order valence-electron chi connectivity index (χ3n) is 1.84. The van der Waals surface area contributed by atoms with Crippen molar-refractivity contribution in [3.8, 4) is 5.75 Å². The Morgan fingerprint density at radius 3 is 2.77 bits per heavy atom. The van der Waals surface area contributed by atoms with Gasteiger partial charge in [0.25, 0.3) is 0 Å². The van der Waals surface area contributed by atoms with E-state index in [-0.39, 0.29) is 5.78 Å². The summed E-state index contributed by atoms with van der Waals surface area (Å²) in [5, 5.41) is 0. The fourth-order valence-corrected chi connectivity index (χ4v) is 1.47. The molecule has 0 heterocycles. The van der Waals surface area contributed by atoms with Crippen molar-refractivity contribution in [1.29, 1.82) is 0 Å². The van der Waals surface area contributed by atoms with Gasteiger partial charge in [-0.2, -0.15) is 0 Å². The average molecular weight is 196 g/mol. The molecule has 70 valence electrons. The highest BCUT2D eigenvalue weighted by atomic mass is 32.1. The maximum absolute atomic E-state index is 11.4. The topological polar surface area (TPSA) is 26.3 Å². The van der Waals surface area contributed by atoms with Crippen molar-refractivity contribution in [2.24, 2.45) is 0 Å². The maximum Gasteiger partial charge on any atom is 0.163 e. The van der Waals surface area contributed by atoms with Crippen molar-refractivity contribution in [1.82, 2.24) is 0 Å². The highest BCUT2D eigenvalue weighted by molar-refractivity contribution is 7.80. The van der Waals surface area contributed by atoms with Crippen LogP contribution in [0, 0.1) is 0 Å². The Hall–Kier alpha value is -0.960. The summed E-state index contributed by atoms with van der Waals surface area (Å²) in [6.07, 6.45) is 0.487. The van der Waals surface area contributed by atoms with Gasteiger partial charge in [0.05, 0.1) is 12.0 Å². The van der Waals surface area contributed by atoms with E-state index >= 15 is 0 Å². The average Bonchev–Trinajstić information content (AvgIpc) is 2.17. The van der Waals surface area contributed by atoms with Crippen molar-refractivity contribution >= 4 is 18.4 Å². The van der Waals surface area contributed by atoms with Crippen LogP contribution in [0.3, 0.4) is 0 Å². The molecule has 0 unspecified atom stereocenters. The summed E-state index contributed by atoms with van der Waals surface area (Å²) in [7, 11) is 1.56. The lowest BCUT2D eigenvalue weighted by molar-refractivity contribution is 0.0985. The number of methoxy groups -OCH3 is 1. The molecule has 13 heavy (non-hydrogen) atoms. The second kappa shape index (κ2) is 4.33. The van der Waals surface area contributed by atoms with Crippen LogP contribution >= 0.6 is 12.6 Å². The highest BCUT2D eigenvalue weighted by Gasteiger charge is 2.10. The van der Waals surface area contributed by atoms with Crippen molar-refractivity contribution < 1.29 is 9.53 Å². The van der Waals surface area contributed by atoms with Crippen LogP contribution in [0.1, 0.15) is 23.7 Å². The first-order valence-corrected chi connectivity index (χ1v) is 4.54. The molecule has 0 bridgehead atoms. The summed E-state index contributed by atoms with van der Waals surface area (Å²) in [5.74, 6) is 0.728. The number of carbonyl (C=O) groups excluding carboxylic acids is 1. The Morgan fingerprint density at radius 1 is 1.54 bits per heavy atom. The smallest absolute Gasteiger partial charge is 0.163 e. The summed E-state index contributed by atoms with van der Waals surface area (Å²) in [6.45, 7) is 1.83. The summed E-state index contributed by atoms with van der Waals surface area (Å²) >= 11 is 4.24. The van der Waals surface area contributed by atoms with Gasteiger partial charge in [-0.3, -0.25) is 4.79 Å². The second-order valence-electron chi connectivity index (χ2n) is 2.63. The van der Waals surface area contributed by atoms with Crippen molar-refractivity contribution in [3.05, 3.63) is 23.8 Å². The minimum atomic E-state index is 0.0869. The summed E-state index contributed by atoms with van der Waals surface area (Å²) in [5.41, 5.74) is 0.630. The molecular formula is C10H12O2S. The van der Waals surface area contributed by atoms with E-state index in [1.807, 2.05) is 6.92 Å². The van der Waals surface area contributed by atoms with E-state index in [2.05, 4.69) is 12.6 Å². The van der Waals surface area contributed by atoms with E-state index < -0.39 is 0 Å². The lowest BCUT2D eigenvalue weighted by atomic mass is 10.1. The van der Waals surface area contributed by atoms with Crippen LogP contribution in [0.25, 0.3) is 0 Å². The maximum atomic E-state index is 11.4. The Bertz CT molecular complexity index is 321. The molecule has 0 atom stereocenters. The van der Waals surface area contributed by atoms with Gasteiger partial charge in [0.1, 0.15) is 5.75 Å². The van der Waals surface area contributed by atoms with E-state index in [0.29, 0.717) is 22.6 Å². The number of ether oxygens (including phenoxy) is 1. The van der Waals surface area contributed by atoms with Gasteiger partial charge < -0.3 is 4.74 Å². The molecule has 0 N–H and O–H groups in total. The van der Waals surface area contributed by atoms with Crippen molar-refractivity contribution in [3.63, 3.8) is 0 Å². The van der Waals surface area contributed by atoms with Crippen LogP contribution in [-0.4, -0.2) is 12.9 Å². The largest absolute Gasteiger partial charge is 0.496 e. The molecule has 0 aromatic heterocycles. The van der Waals surface area contributed by atoms with E-state index in [4.69, 9.17) is 4.74 Å². The van der Waals surface area contributed by atoms with Crippen LogP contribution in [0.4, 0.5) is 0 Å². The number of ketones is 1. The first-order valence-electron chi connectivity index (χ1n) is 4.09. The molecule has 2 nitrogen and oxygen atoms in total. The third-order valence-corrected chi connectivity index (χ3v) is 2.30. The zero-order chi connectivity index (χ0) is 9.84. The Morgan fingerprint density at radius 2 is 2.23 bits per heavy atom. The quantitative estimate of drug-likeness (QED) is 0.594. The van der Waals surface area contributed by atoms with Gasteiger partial charge in [0.15, 0.2) is 5.78 Å². The van der Waals surface area contributed by atoms with Gasteiger partial charge in [0.2, 0.25) is 0 Å². The number of thiol groups is 1. The Labute approximate surface area is 83.3 Å². The third kappa shape index (κ3) is 2.04. The number of benzene rings is 1.